The van der Waals surface area contributed by atoms with Gasteiger partial charge in [0, 0.05) is 29.2 Å². The van der Waals surface area contributed by atoms with Crippen molar-refractivity contribution in [2.45, 2.75) is 33.3 Å². The molecule has 1 aromatic heterocycles. The zero-order valence-electron chi connectivity index (χ0n) is 13.1. The zero-order chi connectivity index (χ0) is 15.6. The SMILES string of the molecule is Cc1c(/C=N/NC(=O)OC(C)(C)C)c2ccccc2n1C. The Hall–Kier alpha value is -2.30. The van der Waals surface area contributed by atoms with Crippen LogP contribution in [0.25, 0.3) is 10.9 Å². The molecule has 0 aliphatic carbocycles. The summed E-state index contributed by atoms with van der Waals surface area (Å²) in [5.74, 6) is 0. The van der Waals surface area contributed by atoms with E-state index >= 15 is 0 Å². The van der Waals surface area contributed by atoms with E-state index in [4.69, 9.17) is 4.74 Å². The fourth-order valence-electron chi connectivity index (χ4n) is 2.16. The molecule has 0 radical (unpaired) electrons. The van der Waals surface area contributed by atoms with Crippen molar-refractivity contribution in [1.82, 2.24) is 9.99 Å². The Bertz CT molecular complexity index is 693. The second kappa shape index (κ2) is 5.60. The fraction of sp³-hybridized carbons (Fsp3) is 0.375. The second-order valence-corrected chi connectivity index (χ2v) is 5.95. The van der Waals surface area contributed by atoms with Gasteiger partial charge in [0.25, 0.3) is 0 Å². The Kier molecular flexibility index (Phi) is 4.02. The first-order valence-electron chi connectivity index (χ1n) is 6.85. The lowest BCUT2D eigenvalue weighted by molar-refractivity contribution is 0.0529. The molecule has 0 aliphatic rings. The van der Waals surface area contributed by atoms with Crippen LogP contribution in [0, 0.1) is 6.92 Å². The molecule has 0 saturated carbocycles. The predicted molar refractivity (Wildman–Crippen MR) is 84.6 cm³/mol. The van der Waals surface area contributed by atoms with Gasteiger partial charge >= 0.3 is 6.09 Å². The van der Waals surface area contributed by atoms with Crippen LogP contribution in [0.2, 0.25) is 0 Å². The highest BCUT2D eigenvalue weighted by Crippen LogP contribution is 2.22. The standard InChI is InChI=1S/C16H21N3O2/c1-11-13(10-17-18-15(20)21-16(2,3)4)12-8-6-7-9-14(12)19(11)5/h6-10H,1-5H3,(H,18,20)/b17-10+. The van der Waals surface area contributed by atoms with Crippen molar-refractivity contribution in [3.05, 3.63) is 35.5 Å². The summed E-state index contributed by atoms with van der Waals surface area (Å²) in [6.45, 7) is 7.45. The molecule has 2 rings (SSSR count). The van der Waals surface area contributed by atoms with Gasteiger partial charge in [-0.15, -0.1) is 0 Å². The van der Waals surface area contributed by atoms with Crippen LogP contribution < -0.4 is 5.43 Å². The van der Waals surface area contributed by atoms with E-state index < -0.39 is 11.7 Å². The minimum atomic E-state index is -0.559. The number of carbonyl (C=O) groups is 1. The first-order chi connectivity index (χ1) is 9.79. The number of fused-ring (bicyclic) bond motifs is 1. The van der Waals surface area contributed by atoms with Crippen molar-refractivity contribution in [3.63, 3.8) is 0 Å². The van der Waals surface area contributed by atoms with Crippen LogP contribution in [-0.4, -0.2) is 22.5 Å². The molecule has 5 nitrogen and oxygen atoms in total. The maximum atomic E-state index is 11.6. The van der Waals surface area contributed by atoms with Gasteiger partial charge in [-0.05, 0) is 33.8 Å². The highest BCUT2D eigenvalue weighted by molar-refractivity contribution is 6.01. The number of hydrazone groups is 1. The third-order valence-electron chi connectivity index (χ3n) is 3.20. The topological polar surface area (TPSA) is 55.6 Å². The van der Waals surface area contributed by atoms with Crippen LogP contribution in [0.4, 0.5) is 4.79 Å². The van der Waals surface area contributed by atoms with Crippen LogP contribution in [0.15, 0.2) is 29.4 Å². The summed E-state index contributed by atoms with van der Waals surface area (Å²) in [7, 11) is 2.01. The van der Waals surface area contributed by atoms with Gasteiger partial charge in [0.2, 0.25) is 0 Å². The van der Waals surface area contributed by atoms with Crippen molar-refractivity contribution >= 4 is 23.2 Å². The lowest BCUT2D eigenvalue weighted by Gasteiger charge is -2.18. The number of nitrogens with one attached hydrogen (secondary N) is 1. The molecule has 5 heteroatoms. The number of benzene rings is 1. The highest BCUT2D eigenvalue weighted by atomic mass is 16.6. The quantitative estimate of drug-likeness (QED) is 0.680. The third kappa shape index (κ3) is 3.42. The molecular formula is C16H21N3O2. The molecule has 2 aromatic rings. The van der Waals surface area contributed by atoms with Crippen molar-refractivity contribution < 1.29 is 9.53 Å². The monoisotopic (exact) mass is 287 g/mol. The van der Waals surface area contributed by atoms with Crippen molar-refractivity contribution in [2.75, 3.05) is 0 Å². The van der Waals surface area contributed by atoms with Crippen LogP contribution >= 0.6 is 0 Å². The number of rotatable bonds is 2. The minimum absolute atomic E-state index is 0.533. The summed E-state index contributed by atoms with van der Waals surface area (Å²) in [6, 6.07) is 8.08. The van der Waals surface area contributed by atoms with Gasteiger partial charge < -0.3 is 9.30 Å². The van der Waals surface area contributed by atoms with E-state index in [1.807, 2.05) is 52.9 Å². The predicted octanol–water partition coefficient (Wildman–Crippen LogP) is 3.35. The largest absolute Gasteiger partial charge is 0.443 e. The molecule has 0 atom stereocenters. The van der Waals surface area contributed by atoms with Crippen LogP contribution in [0.3, 0.4) is 0 Å². The summed E-state index contributed by atoms with van der Waals surface area (Å²) >= 11 is 0. The number of para-hydroxylation sites is 1. The second-order valence-electron chi connectivity index (χ2n) is 5.95. The molecule has 0 unspecified atom stereocenters. The average molecular weight is 287 g/mol. The Morgan fingerprint density at radius 2 is 2.00 bits per heavy atom. The van der Waals surface area contributed by atoms with E-state index in [0.29, 0.717) is 0 Å². The van der Waals surface area contributed by atoms with E-state index in [1.165, 1.54) is 0 Å². The molecule has 0 saturated heterocycles. The highest BCUT2D eigenvalue weighted by Gasteiger charge is 2.15. The number of amides is 1. The molecule has 112 valence electrons. The zero-order valence-corrected chi connectivity index (χ0v) is 13.1. The number of aryl methyl sites for hydroxylation is 1. The summed E-state index contributed by atoms with van der Waals surface area (Å²) in [5, 5.41) is 5.09. The Morgan fingerprint density at radius 1 is 1.33 bits per heavy atom. The van der Waals surface area contributed by atoms with E-state index in [9.17, 15) is 4.79 Å². The van der Waals surface area contributed by atoms with Gasteiger partial charge in [-0.25, -0.2) is 10.2 Å². The number of hydrogen-bond acceptors (Lipinski definition) is 3. The fourth-order valence-corrected chi connectivity index (χ4v) is 2.16. The molecule has 1 heterocycles. The smallest absolute Gasteiger partial charge is 0.428 e. The lowest BCUT2D eigenvalue weighted by Crippen LogP contribution is -2.29. The van der Waals surface area contributed by atoms with E-state index in [0.717, 1.165) is 22.2 Å². The summed E-state index contributed by atoms with van der Waals surface area (Å²) in [6.07, 6.45) is 1.10. The number of aromatic nitrogens is 1. The summed E-state index contributed by atoms with van der Waals surface area (Å²) in [4.78, 5) is 11.6. The molecule has 0 spiro atoms. The van der Waals surface area contributed by atoms with Gasteiger partial charge in [0.05, 0.1) is 6.21 Å². The number of nitrogens with zero attached hydrogens (tertiary/aromatic N) is 2. The lowest BCUT2D eigenvalue weighted by atomic mass is 10.1. The molecule has 1 N–H and O–H groups in total. The van der Waals surface area contributed by atoms with Gasteiger partial charge in [-0.1, -0.05) is 18.2 Å². The third-order valence-corrected chi connectivity index (χ3v) is 3.20. The van der Waals surface area contributed by atoms with Gasteiger partial charge in [0.15, 0.2) is 0 Å². The van der Waals surface area contributed by atoms with E-state index in [-0.39, 0.29) is 0 Å². The molecule has 0 bridgehead atoms. The number of ether oxygens (including phenoxy) is 1. The van der Waals surface area contributed by atoms with Crippen LogP contribution in [0.5, 0.6) is 0 Å². The van der Waals surface area contributed by atoms with E-state index in [2.05, 4.69) is 21.2 Å². The minimum Gasteiger partial charge on any atom is -0.443 e. The summed E-state index contributed by atoms with van der Waals surface area (Å²) < 4.78 is 7.23. The number of carbonyl (C=O) groups excluding carboxylic acids is 1. The maximum Gasteiger partial charge on any atom is 0.428 e. The summed E-state index contributed by atoms with van der Waals surface area (Å²) in [5.41, 5.74) is 5.07. The molecule has 0 fully saturated rings. The molecule has 1 aromatic carbocycles. The Morgan fingerprint density at radius 3 is 2.67 bits per heavy atom. The van der Waals surface area contributed by atoms with Gasteiger partial charge in [-0.3, -0.25) is 0 Å². The average Bonchev–Trinajstić information content (AvgIpc) is 2.62. The molecule has 1 amide bonds. The van der Waals surface area contributed by atoms with Crippen LogP contribution in [0.1, 0.15) is 32.0 Å². The van der Waals surface area contributed by atoms with Crippen molar-refractivity contribution in [3.8, 4) is 0 Å². The van der Waals surface area contributed by atoms with Crippen LogP contribution in [-0.2, 0) is 11.8 Å². The first kappa shape index (κ1) is 15.1. The number of hydrogen-bond donors (Lipinski definition) is 1. The van der Waals surface area contributed by atoms with Crippen molar-refractivity contribution in [1.29, 1.82) is 0 Å². The molecular weight excluding hydrogens is 266 g/mol. The Labute approximate surface area is 124 Å². The molecule has 0 aliphatic heterocycles. The normalized spacial score (nSPS) is 12.0. The maximum absolute atomic E-state index is 11.6. The van der Waals surface area contributed by atoms with Crippen molar-refractivity contribution in [2.24, 2.45) is 12.1 Å². The van der Waals surface area contributed by atoms with Gasteiger partial charge in [0.1, 0.15) is 5.60 Å². The van der Waals surface area contributed by atoms with Gasteiger partial charge in [-0.2, -0.15) is 5.10 Å². The Balaban J connectivity index is 2.19. The molecule has 21 heavy (non-hydrogen) atoms. The van der Waals surface area contributed by atoms with E-state index in [1.54, 1.807) is 6.21 Å². The first-order valence-corrected chi connectivity index (χ1v) is 6.85.